The number of fused-ring (bicyclic) bond motifs is 1. The van der Waals surface area contributed by atoms with Crippen LogP contribution in [0.15, 0.2) is 36.4 Å². The quantitative estimate of drug-likeness (QED) is 0.420. The number of imide groups is 1. The van der Waals surface area contributed by atoms with Gasteiger partial charge in [-0.05, 0) is 42.4 Å². The third-order valence-corrected chi connectivity index (χ3v) is 7.11. The van der Waals surface area contributed by atoms with E-state index < -0.39 is 48.6 Å². The molecule has 4 amide bonds. The van der Waals surface area contributed by atoms with E-state index in [4.69, 9.17) is 4.74 Å². The lowest BCUT2D eigenvalue weighted by Gasteiger charge is -2.36. The second-order valence-electron chi connectivity index (χ2n) is 9.64. The number of nitrogens with one attached hydrogen (secondary N) is 2. The zero-order chi connectivity index (χ0) is 27.9. The van der Waals surface area contributed by atoms with E-state index in [0.717, 1.165) is 0 Å². The second kappa shape index (κ2) is 10.2. The van der Waals surface area contributed by atoms with Gasteiger partial charge in [-0.1, -0.05) is 30.3 Å². The van der Waals surface area contributed by atoms with Crippen molar-refractivity contribution >= 4 is 23.8 Å². The highest BCUT2D eigenvalue weighted by Gasteiger charge is 2.41. The van der Waals surface area contributed by atoms with Crippen LogP contribution in [-0.2, 0) is 27.5 Å². The number of hydrogen-bond acceptors (Lipinski definition) is 6. The molecule has 0 bridgehead atoms. The molecular weight excluding hydrogens is 526 g/mol. The van der Waals surface area contributed by atoms with Gasteiger partial charge in [-0.3, -0.25) is 19.7 Å². The van der Waals surface area contributed by atoms with Crippen LogP contribution in [-0.4, -0.2) is 47.2 Å². The Morgan fingerprint density at radius 3 is 2.56 bits per heavy atom. The maximum Gasteiger partial charge on any atom is 0.573 e. The normalized spacial score (nSPS) is 22.6. The minimum Gasteiger partial charge on any atom is -0.445 e. The minimum atomic E-state index is -4.82. The summed E-state index contributed by atoms with van der Waals surface area (Å²) in [6.45, 7) is -0.450. The van der Waals surface area contributed by atoms with Gasteiger partial charge in [0.2, 0.25) is 11.8 Å². The summed E-state index contributed by atoms with van der Waals surface area (Å²) >= 11 is 0. The van der Waals surface area contributed by atoms with Gasteiger partial charge in [0.05, 0.1) is 5.56 Å². The summed E-state index contributed by atoms with van der Waals surface area (Å²) in [5.41, 5.74) is 0.526. The van der Waals surface area contributed by atoms with Crippen molar-refractivity contribution < 1.29 is 46.2 Å². The molecule has 1 atom stereocenters. The number of carbonyl (C=O) groups excluding carboxylic acids is 4. The lowest BCUT2D eigenvalue weighted by atomic mass is 9.75. The molecule has 39 heavy (non-hydrogen) atoms. The predicted molar refractivity (Wildman–Crippen MR) is 125 cm³/mol. The summed E-state index contributed by atoms with van der Waals surface area (Å²) in [5.74, 6) is -3.11. The van der Waals surface area contributed by atoms with Crippen molar-refractivity contribution in [1.29, 1.82) is 0 Å². The number of halogens is 4. The summed E-state index contributed by atoms with van der Waals surface area (Å²) in [4.78, 5) is 50.0. The van der Waals surface area contributed by atoms with Crippen LogP contribution in [0, 0.1) is 5.82 Å². The maximum atomic E-state index is 15.2. The summed E-state index contributed by atoms with van der Waals surface area (Å²) in [6, 6.07) is 7.50. The van der Waals surface area contributed by atoms with Crippen molar-refractivity contribution in [3.8, 4) is 5.75 Å². The largest absolute Gasteiger partial charge is 0.573 e. The van der Waals surface area contributed by atoms with Crippen LogP contribution in [0.1, 0.15) is 58.6 Å². The van der Waals surface area contributed by atoms with Crippen LogP contribution in [0.3, 0.4) is 0 Å². The van der Waals surface area contributed by atoms with E-state index in [1.807, 2.05) is 0 Å². The number of para-hydroxylation sites is 1. The molecule has 2 N–H and O–H groups in total. The average molecular weight is 549 g/mol. The van der Waals surface area contributed by atoms with Gasteiger partial charge in [0.25, 0.3) is 5.91 Å². The van der Waals surface area contributed by atoms with Gasteiger partial charge < -0.3 is 19.7 Å². The maximum absolute atomic E-state index is 15.2. The van der Waals surface area contributed by atoms with Crippen LogP contribution in [0.2, 0.25) is 0 Å². The molecule has 0 aromatic heterocycles. The molecule has 1 saturated heterocycles. The lowest BCUT2D eigenvalue weighted by Crippen LogP contribution is -2.52. The number of nitrogens with zero attached hydrogens (tertiary/aromatic N) is 1. The van der Waals surface area contributed by atoms with E-state index in [1.54, 1.807) is 12.1 Å². The van der Waals surface area contributed by atoms with Gasteiger partial charge in [-0.2, -0.15) is 0 Å². The number of alkyl carbamates (subject to hydrolysis) is 1. The Bertz CT molecular complexity index is 1340. The number of ether oxygens (including phenoxy) is 2. The average Bonchev–Trinajstić information content (AvgIpc) is 3.17. The monoisotopic (exact) mass is 549 g/mol. The summed E-state index contributed by atoms with van der Waals surface area (Å²) in [7, 11) is 0. The number of carbonyl (C=O) groups is 4. The SMILES string of the molecule is O=C1CCC(N2Cc3ccc(COC(=O)NC4CC(c5ccccc5OC(F)(F)F)C4)c(F)c3C2=O)C(=O)N1. The molecule has 2 aliphatic heterocycles. The molecule has 1 unspecified atom stereocenters. The number of hydrogen-bond donors (Lipinski definition) is 2. The topological polar surface area (TPSA) is 114 Å². The summed E-state index contributed by atoms with van der Waals surface area (Å²) in [6.07, 6.45) is -4.71. The molecule has 0 spiro atoms. The standard InChI is InChI=1S/C26H23F4N3O6/c27-22-14(6-5-13-11-33(24(36)21(13)22)18-7-8-20(34)32-23(18)35)12-38-25(37)31-16-9-15(10-16)17-3-1-2-4-19(17)39-26(28,29)30/h1-6,15-16,18H,7-12H2,(H,31,37)(H,32,34,35). The number of alkyl halides is 3. The van der Waals surface area contributed by atoms with E-state index in [-0.39, 0.29) is 48.2 Å². The molecule has 1 aliphatic carbocycles. The first kappa shape index (κ1) is 26.4. The molecule has 13 heteroatoms. The minimum absolute atomic E-state index is 0.0129. The Kier molecular flexibility index (Phi) is 6.91. The predicted octanol–water partition coefficient (Wildman–Crippen LogP) is 3.66. The lowest BCUT2D eigenvalue weighted by molar-refractivity contribution is -0.275. The van der Waals surface area contributed by atoms with E-state index in [0.29, 0.717) is 24.0 Å². The first-order valence-electron chi connectivity index (χ1n) is 12.2. The van der Waals surface area contributed by atoms with Crippen molar-refractivity contribution in [3.05, 3.63) is 64.5 Å². The van der Waals surface area contributed by atoms with Gasteiger partial charge >= 0.3 is 12.5 Å². The van der Waals surface area contributed by atoms with Crippen molar-refractivity contribution in [2.45, 2.75) is 63.2 Å². The van der Waals surface area contributed by atoms with E-state index in [2.05, 4.69) is 15.4 Å². The Morgan fingerprint density at radius 1 is 1.10 bits per heavy atom. The van der Waals surface area contributed by atoms with Crippen LogP contribution < -0.4 is 15.4 Å². The van der Waals surface area contributed by atoms with Gasteiger partial charge in [0.1, 0.15) is 24.2 Å². The zero-order valence-electron chi connectivity index (χ0n) is 20.3. The van der Waals surface area contributed by atoms with Crippen LogP contribution >= 0.6 is 0 Å². The Labute approximate surface area is 219 Å². The summed E-state index contributed by atoms with van der Waals surface area (Å²) in [5, 5.41) is 4.78. The zero-order valence-corrected chi connectivity index (χ0v) is 20.3. The molecule has 1 saturated carbocycles. The van der Waals surface area contributed by atoms with E-state index in [1.165, 1.54) is 29.2 Å². The highest BCUT2D eigenvalue weighted by Crippen LogP contribution is 2.42. The molecular formula is C26H23F4N3O6. The number of benzene rings is 2. The molecule has 5 rings (SSSR count). The fourth-order valence-electron chi connectivity index (χ4n) is 5.14. The molecule has 2 heterocycles. The first-order chi connectivity index (χ1) is 18.5. The van der Waals surface area contributed by atoms with Gasteiger partial charge in [-0.25, -0.2) is 9.18 Å². The second-order valence-corrected chi connectivity index (χ2v) is 9.64. The highest BCUT2D eigenvalue weighted by atomic mass is 19.4. The Hall–Kier alpha value is -4.16. The molecule has 2 aromatic carbocycles. The number of rotatable bonds is 6. The third kappa shape index (κ3) is 5.52. The van der Waals surface area contributed by atoms with Crippen molar-refractivity contribution in [3.63, 3.8) is 0 Å². The molecule has 2 fully saturated rings. The fraction of sp³-hybridized carbons (Fsp3) is 0.385. The van der Waals surface area contributed by atoms with Gasteiger partial charge in [-0.15, -0.1) is 13.2 Å². The fourth-order valence-corrected chi connectivity index (χ4v) is 5.14. The first-order valence-corrected chi connectivity index (χ1v) is 12.2. The molecule has 206 valence electrons. The van der Waals surface area contributed by atoms with E-state index in [9.17, 15) is 32.3 Å². The number of piperidine rings is 1. The Balaban J connectivity index is 1.15. The van der Waals surface area contributed by atoms with Gasteiger partial charge in [0.15, 0.2) is 0 Å². The molecule has 9 nitrogen and oxygen atoms in total. The smallest absolute Gasteiger partial charge is 0.445 e. The molecule has 2 aromatic rings. The molecule has 0 radical (unpaired) electrons. The summed E-state index contributed by atoms with van der Waals surface area (Å²) < 4.78 is 62.4. The Morgan fingerprint density at radius 2 is 1.85 bits per heavy atom. The highest BCUT2D eigenvalue weighted by molar-refractivity contribution is 6.05. The third-order valence-electron chi connectivity index (χ3n) is 7.11. The number of amides is 4. The van der Waals surface area contributed by atoms with Crippen LogP contribution in [0.4, 0.5) is 22.4 Å². The van der Waals surface area contributed by atoms with Crippen molar-refractivity contribution in [2.24, 2.45) is 0 Å². The van der Waals surface area contributed by atoms with Crippen molar-refractivity contribution in [1.82, 2.24) is 15.5 Å². The van der Waals surface area contributed by atoms with Gasteiger partial charge in [0, 0.05) is 24.6 Å². The van der Waals surface area contributed by atoms with E-state index >= 15 is 4.39 Å². The molecule has 3 aliphatic rings. The van der Waals surface area contributed by atoms with Crippen LogP contribution in [0.5, 0.6) is 5.75 Å². The van der Waals surface area contributed by atoms with Crippen molar-refractivity contribution in [2.75, 3.05) is 0 Å². The van der Waals surface area contributed by atoms with Crippen LogP contribution in [0.25, 0.3) is 0 Å².